The van der Waals surface area contributed by atoms with Crippen molar-refractivity contribution in [3.8, 4) is 0 Å². The summed E-state index contributed by atoms with van der Waals surface area (Å²) in [7, 11) is 0. The molecule has 84 valence electrons. The number of rotatable bonds is 4. The molecule has 0 unspecified atom stereocenters. The Hall–Kier alpha value is -1.26. The monoisotopic (exact) mass is 218 g/mol. The topological polar surface area (TPSA) is 24.9 Å². The summed E-state index contributed by atoms with van der Waals surface area (Å²) in [5.41, 5.74) is 1.02. The Morgan fingerprint density at radius 2 is 2.07 bits per heavy atom. The van der Waals surface area contributed by atoms with Gasteiger partial charge in [0, 0.05) is 19.2 Å². The van der Waals surface area contributed by atoms with Crippen molar-refractivity contribution in [1.29, 1.82) is 0 Å². The highest BCUT2D eigenvalue weighted by molar-refractivity contribution is 5.34. The molecule has 0 fully saturated rings. The Morgan fingerprint density at radius 3 is 2.60 bits per heavy atom. The first kappa shape index (κ1) is 11.8. The maximum Gasteiger partial charge on any atom is 0.389 e. The summed E-state index contributed by atoms with van der Waals surface area (Å²) in [5.74, 6) is 0.614. The van der Waals surface area contributed by atoms with Crippen LogP contribution in [0.3, 0.4) is 0 Å². The number of aryl methyl sites for hydroxylation is 1. The molecule has 0 aliphatic carbocycles. The minimum Gasteiger partial charge on any atom is -0.370 e. The summed E-state index contributed by atoms with van der Waals surface area (Å²) in [6, 6.07) is 3.61. The normalized spacial score (nSPS) is 11.5. The van der Waals surface area contributed by atoms with Crippen LogP contribution < -0.4 is 5.32 Å². The van der Waals surface area contributed by atoms with Crippen LogP contribution >= 0.6 is 0 Å². The van der Waals surface area contributed by atoms with E-state index in [4.69, 9.17) is 0 Å². The Balaban J connectivity index is 2.23. The van der Waals surface area contributed by atoms with Gasteiger partial charge in [-0.05, 0) is 25.0 Å². The maximum atomic E-state index is 11.8. The molecule has 0 aliphatic rings. The predicted molar refractivity (Wildman–Crippen MR) is 52.8 cm³/mol. The van der Waals surface area contributed by atoms with Crippen LogP contribution in [0.15, 0.2) is 18.3 Å². The number of aromatic nitrogens is 1. The summed E-state index contributed by atoms with van der Waals surface area (Å²) >= 11 is 0. The van der Waals surface area contributed by atoms with Gasteiger partial charge in [0.1, 0.15) is 5.82 Å². The van der Waals surface area contributed by atoms with E-state index in [0.717, 1.165) is 5.56 Å². The van der Waals surface area contributed by atoms with E-state index in [9.17, 15) is 13.2 Å². The van der Waals surface area contributed by atoms with E-state index < -0.39 is 12.6 Å². The first-order valence-corrected chi connectivity index (χ1v) is 4.71. The number of nitrogens with one attached hydrogen (secondary N) is 1. The number of pyridine rings is 1. The van der Waals surface area contributed by atoms with Gasteiger partial charge in [0.2, 0.25) is 0 Å². The number of hydrogen-bond acceptors (Lipinski definition) is 2. The third kappa shape index (κ3) is 5.24. The standard InChI is InChI=1S/C10H13F3N2/c1-8-3-4-9(15-7-8)14-6-2-5-10(11,12)13/h3-4,7H,2,5-6H2,1H3,(H,14,15). The van der Waals surface area contributed by atoms with E-state index in [0.29, 0.717) is 5.82 Å². The van der Waals surface area contributed by atoms with Crippen LogP contribution in [0.4, 0.5) is 19.0 Å². The summed E-state index contributed by atoms with van der Waals surface area (Å²) in [5, 5.41) is 2.83. The number of alkyl halides is 3. The number of halogens is 3. The second kappa shape index (κ2) is 5.00. The third-order valence-corrected chi connectivity index (χ3v) is 1.85. The fraction of sp³-hybridized carbons (Fsp3) is 0.500. The van der Waals surface area contributed by atoms with Gasteiger partial charge < -0.3 is 5.32 Å². The van der Waals surface area contributed by atoms with E-state index in [2.05, 4.69) is 10.3 Å². The molecule has 5 heteroatoms. The number of hydrogen-bond donors (Lipinski definition) is 1. The highest BCUT2D eigenvalue weighted by Gasteiger charge is 2.25. The van der Waals surface area contributed by atoms with E-state index >= 15 is 0 Å². The zero-order chi connectivity index (χ0) is 11.3. The summed E-state index contributed by atoms with van der Waals surface area (Å²) in [4.78, 5) is 4.02. The van der Waals surface area contributed by atoms with Crippen molar-refractivity contribution in [2.45, 2.75) is 25.9 Å². The minimum absolute atomic E-state index is 0.0685. The van der Waals surface area contributed by atoms with E-state index in [1.54, 1.807) is 12.3 Å². The molecule has 0 saturated heterocycles. The first-order valence-electron chi connectivity index (χ1n) is 4.71. The fourth-order valence-electron chi connectivity index (χ4n) is 1.08. The summed E-state index contributed by atoms with van der Waals surface area (Å²) in [6.45, 7) is 2.19. The van der Waals surface area contributed by atoms with Crippen LogP contribution in [0.5, 0.6) is 0 Å². The summed E-state index contributed by atoms with van der Waals surface area (Å²) in [6.07, 6.45) is -3.08. The quantitative estimate of drug-likeness (QED) is 0.785. The van der Waals surface area contributed by atoms with Gasteiger partial charge in [-0.3, -0.25) is 0 Å². The van der Waals surface area contributed by atoms with E-state index in [-0.39, 0.29) is 13.0 Å². The molecule has 1 N–H and O–H groups in total. The van der Waals surface area contributed by atoms with E-state index in [1.807, 2.05) is 13.0 Å². The molecular weight excluding hydrogens is 205 g/mol. The molecule has 2 nitrogen and oxygen atoms in total. The smallest absolute Gasteiger partial charge is 0.370 e. The minimum atomic E-state index is -4.07. The lowest BCUT2D eigenvalue weighted by atomic mass is 10.3. The molecule has 1 aromatic rings. The zero-order valence-electron chi connectivity index (χ0n) is 8.43. The van der Waals surface area contributed by atoms with Crippen LogP contribution in [-0.2, 0) is 0 Å². The van der Waals surface area contributed by atoms with Gasteiger partial charge in [-0.25, -0.2) is 4.98 Å². The van der Waals surface area contributed by atoms with Crippen molar-refractivity contribution in [2.75, 3.05) is 11.9 Å². The molecule has 0 radical (unpaired) electrons. The Labute approximate surface area is 86.5 Å². The molecule has 1 aromatic heterocycles. The lowest BCUT2D eigenvalue weighted by Crippen LogP contribution is -2.11. The van der Waals surface area contributed by atoms with Crippen molar-refractivity contribution in [1.82, 2.24) is 4.98 Å². The average molecular weight is 218 g/mol. The van der Waals surface area contributed by atoms with Crippen LogP contribution in [0.1, 0.15) is 18.4 Å². The van der Waals surface area contributed by atoms with Crippen LogP contribution in [0.2, 0.25) is 0 Å². The lowest BCUT2D eigenvalue weighted by Gasteiger charge is -2.07. The van der Waals surface area contributed by atoms with E-state index in [1.165, 1.54) is 0 Å². The molecule has 0 atom stereocenters. The third-order valence-electron chi connectivity index (χ3n) is 1.85. The zero-order valence-corrected chi connectivity index (χ0v) is 8.43. The maximum absolute atomic E-state index is 11.8. The molecule has 0 amide bonds. The van der Waals surface area contributed by atoms with Gasteiger partial charge >= 0.3 is 6.18 Å². The van der Waals surface area contributed by atoms with Gasteiger partial charge in [-0.2, -0.15) is 13.2 Å². The highest BCUT2D eigenvalue weighted by Crippen LogP contribution is 2.21. The Kier molecular flexibility index (Phi) is 3.94. The van der Waals surface area contributed by atoms with Gasteiger partial charge in [-0.1, -0.05) is 6.07 Å². The molecular formula is C10H13F3N2. The van der Waals surface area contributed by atoms with Gasteiger partial charge in [0.25, 0.3) is 0 Å². The SMILES string of the molecule is Cc1ccc(NCCCC(F)(F)F)nc1. The van der Waals surface area contributed by atoms with Crippen LogP contribution in [0, 0.1) is 6.92 Å². The average Bonchev–Trinajstić information content (AvgIpc) is 2.14. The second-order valence-electron chi connectivity index (χ2n) is 3.37. The Morgan fingerprint density at radius 1 is 1.33 bits per heavy atom. The predicted octanol–water partition coefficient (Wildman–Crippen LogP) is 3.14. The molecule has 0 aromatic carbocycles. The van der Waals surface area contributed by atoms with Crippen molar-refractivity contribution >= 4 is 5.82 Å². The second-order valence-corrected chi connectivity index (χ2v) is 3.37. The van der Waals surface area contributed by atoms with Crippen molar-refractivity contribution in [3.63, 3.8) is 0 Å². The number of anilines is 1. The molecule has 15 heavy (non-hydrogen) atoms. The largest absolute Gasteiger partial charge is 0.389 e. The molecule has 0 bridgehead atoms. The molecule has 0 aliphatic heterocycles. The Bertz CT molecular complexity index is 293. The van der Waals surface area contributed by atoms with Gasteiger partial charge in [0.05, 0.1) is 0 Å². The van der Waals surface area contributed by atoms with Crippen LogP contribution in [-0.4, -0.2) is 17.7 Å². The van der Waals surface area contributed by atoms with Gasteiger partial charge in [-0.15, -0.1) is 0 Å². The van der Waals surface area contributed by atoms with Crippen molar-refractivity contribution in [3.05, 3.63) is 23.9 Å². The first-order chi connectivity index (χ1) is 6.97. The summed E-state index contributed by atoms with van der Waals surface area (Å²) < 4.78 is 35.4. The fourth-order valence-corrected chi connectivity index (χ4v) is 1.08. The molecule has 0 spiro atoms. The van der Waals surface area contributed by atoms with Crippen molar-refractivity contribution < 1.29 is 13.2 Å². The lowest BCUT2D eigenvalue weighted by molar-refractivity contribution is -0.134. The van der Waals surface area contributed by atoms with Gasteiger partial charge in [0.15, 0.2) is 0 Å². The highest BCUT2D eigenvalue weighted by atomic mass is 19.4. The molecule has 0 saturated carbocycles. The van der Waals surface area contributed by atoms with Crippen LogP contribution in [0.25, 0.3) is 0 Å². The van der Waals surface area contributed by atoms with Crippen molar-refractivity contribution in [2.24, 2.45) is 0 Å². The molecule has 1 heterocycles. The number of nitrogens with zero attached hydrogens (tertiary/aromatic N) is 1. The molecule has 1 rings (SSSR count).